The zero-order valence-corrected chi connectivity index (χ0v) is 18.9. The van der Waals surface area contributed by atoms with Gasteiger partial charge in [0, 0.05) is 13.3 Å². The van der Waals surface area contributed by atoms with Gasteiger partial charge in [-0.15, -0.1) is 0 Å². The molecule has 0 bridgehead atoms. The van der Waals surface area contributed by atoms with Crippen molar-refractivity contribution in [3.05, 3.63) is 0 Å². The Morgan fingerprint density at radius 3 is 1.56 bits per heavy atom. The van der Waals surface area contributed by atoms with E-state index in [0.717, 1.165) is 25.7 Å². The van der Waals surface area contributed by atoms with Crippen molar-refractivity contribution in [2.24, 2.45) is 22.7 Å². The lowest BCUT2D eigenvalue weighted by molar-refractivity contribution is -0.153. The van der Waals surface area contributed by atoms with Crippen molar-refractivity contribution in [2.45, 2.75) is 113 Å². The summed E-state index contributed by atoms with van der Waals surface area (Å²) < 4.78 is 10.7. The van der Waals surface area contributed by atoms with Crippen molar-refractivity contribution >= 4 is 11.9 Å². The van der Waals surface area contributed by atoms with Gasteiger partial charge in [-0.3, -0.25) is 9.59 Å². The van der Waals surface area contributed by atoms with Crippen molar-refractivity contribution in [1.29, 1.82) is 0 Å². The van der Waals surface area contributed by atoms with Gasteiger partial charge in [0.25, 0.3) is 0 Å². The van der Waals surface area contributed by atoms with E-state index in [1.54, 1.807) is 0 Å². The first-order valence-electron chi connectivity index (χ1n) is 10.7. The van der Waals surface area contributed by atoms with E-state index >= 15 is 0 Å². The Morgan fingerprint density at radius 1 is 0.815 bits per heavy atom. The third-order valence-corrected chi connectivity index (χ3v) is 5.61. The summed E-state index contributed by atoms with van der Waals surface area (Å²) >= 11 is 0. The number of carbonyl (C=O) groups excluding carboxylic acids is 2. The Labute approximate surface area is 166 Å². The summed E-state index contributed by atoms with van der Waals surface area (Å²) in [6.07, 6.45) is 7.37. The average molecular weight is 383 g/mol. The van der Waals surface area contributed by atoms with Crippen LogP contribution in [-0.4, -0.2) is 24.1 Å². The lowest BCUT2D eigenvalue weighted by Crippen LogP contribution is -2.33. The molecule has 0 radical (unpaired) electrons. The predicted octanol–water partition coefficient (Wildman–Crippen LogP) is 5.92. The topological polar surface area (TPSA) is 52.6 Å². The number of esters is 2. The maximum Gasteiger partial charge on any atom is 0.305 e. The van der Waals surface area contributed by atoms with Crippen molar-refractivity contribution in [3.8, 4) is 0 Å². The molecule has 4 nitrogen and oxygen atoms in total. The Morgan fingerprint density at radius 2 is 1.22 bits per heavy atom. The standard InChI is InChI=1S/C12H22O2.C11H20O2/c1-5-11(13)14-10-6-9(2)7-12(3,4)8-10;1-8-5-10(13-9(2)12)7-11(3,4)6-8/h9-10H,5-8H2,1-4H3;8,10H,5-7H2,1-4H3. The van der Waals surface area contributed by atoms with Gasteiger partial charge in [-0.2, -0.15) is 0 Å². The SMILES string of the molecule is CC(=O)OC1CC(C)CC(C)(C)C1.CCC(=O)OC1CC(C)CC(C)(C)C1. The van der Waals surface area contributed by atoms with Crippen LogP contribution in [-0.2, 0) is 19.1 Å². The molecule has 27 heavy (non-hydrogen) atoms. The van der Waals surface area contributed by atoms with Crippen molar-refractivity contribution in [1.82, 2.24) is 0 Å². The molecule has 4 unspecified atom stereocenters. The van der Waals surface area contributed by atoms with Gasteiger partial charge in [-0.05, 0) is 61.2 Å². The third-order valence-electron chi connectivity index (χ3n) is 5.61. The lowest BCUT2D eigenvalue weighted by atomic mass is 9.71. The first-order chi connectivity index (χ1) is 12.3. The second kappa shape index (κ2) is 9.93. The van der Waals surface area contributed by atoms with E-state index in [1.165, 1.54) is 19.8 Å². The summed E-state index contributed by atoms with van der Waals surface area (Å²) in [6.45, 7) is 16.8. The normalized spacial score (nSPS) is 31.9. The molecule has 0 aliphatic heterocycles. The van der Waals surface area contributed by atoms with Gasteiger partial charge in [0.2, 0.25) is 0 Å². The fourth-order valence-corrected chi connectivity index (χ4v) is 5.20. The molecule has 2 rings (SSSR count). The van der Waals surface area contributed by atoms with Crippen molar-refractivity contribution in [3.63, 3.8) is 0 Å². The van der Waals surface area contributed by atoms with Crippen LogP contribution in [0.4, 0.5) is 0 Å². The third kappa shape index (κ3) is 9.62. The van der Waals surface area contributed by atoms with E-state index < -0.39 is 0 Å². The number of rotatable bonds is 3. The molecule has 2 saturated carbocycles. The van der Waals surface area contributed by atoms with Crippen LogP contribution in [0, 0.1) is 22.7 Å². The Kier molecular flexibility index (Phi) is 8.82. The molecular formula is C23H42O4. The molecule has 4 atom stereocenters. The molecule has 0 N–H and O–H groups in total. The second-order valence-corrected chi connectivity index (χ2v) is 10.5. The summed E-state index contributed by atoms with van der Waals surface area (Å²) in [4.78, 5) is 22.0. The highest BCUT2D eigenvalue weighted by Gasteiger charge is 2.34. The average Bonchev–Trinajstić information content (AvgIpc) is 2.42. The monoisotopic (exact) mass is 382 g/mol. The van der Waals surface area contributed by atoms with E-state index in [2.05, 4.69) is 41.5 Å². The van der Waals surface area contributed by atoms with E-state index in [0.29, 0.717) is 29.1 Å². The van der Waals surface area contributed by atoms with Gasteiger partial charge < -0.3 is 9.47 Å². The van der Waals surface area contributed by atoms with Crippen LogP contribution in [0.25, 0.3) is 0 Å². The van der Waals surface area contributed by atoms with E-state index in [-0.39, 0.29) is 24.1 Å². The van der Waals surface area contributed by atoms with E-state index in [4.69, 9.17) is 9.47 Å². The highest BCUT2D eigenvalue weighted by atomic mass is 16.5. The molecule has 4 heteroatoms. The second-order valence-electron chi connectivity index (χ2n) is 10.5. The van der Waals surface area contributed by atoms with Crippen LogP contribution in [0.1, 0.15) is 100 Å². The molecule has 0 aromatic rings. The van der Waals surface area contributed by atoms with Crippen molar-refractivity contribution < 1.29 is 19.1 Å². The summed E-state index contributed by atoms with van der Waals surface area (Å²) in [7, 11) is 0. The zero-order valence-electron chi connectivity index (χ0n) is 18.9. The van der Waals surface area contributed by atoms with Gasteiger partial charge in [0.15, 0.2) is 0 Å². The predicted molar refractivity (Wildman–Crippen MR) is 109 cm³/mol. The Bertz CT molecular complexity index is 495. The molecule has 2 aliphatic rings. The molecule has 158 valence electrons. The first kappa shape index (κ1) is 24.0. The smallest absolute Gasteiger partial charge is 0.305 e. The highest BCUT2D eigenvalue weighted by molar-refractivity contribution is 5.69. The Hall–Kier alpha value is -1.06. The number of hydrogen-bond acceptors (Lipinski definition) is 4. The highest BCUT2D eigenvalue weighted by Crippen LogP contribution is 2.40. The molecular weight excluding hydrogens is 340 g/mol. The van der Waals surface area contributed by atoms with Crippen LogP contribution in [0.2, 0.25) is 0 Å². The molecule has 0 spiro atoms. The van der Waals surface area contributed by atoms with Crippen molar-refractivity contribution in [2.75, 3.05) is 0 Å². The fraction of sp³-hybridized carbons (Fsp3) is 0.913. The van der Waals surface area contributed by atoms with E-state index in [9.17, 15) is 9.59 Å². The zero-order chi connectivity index (χ0) is 20.8. The fourth-order valence-electron chi connectivity index (χ4n) is 5.20. The maximum atomic E-state index is 11.2. The summed E-state index contributed by atoms with van der Waals surface area (Å²) in [5.74, 6) is 1.15. The molecule has 2 fully saturated rings. The number of carbonyl (C=O) groups is 2. The Balaban J connectivity index is 0.000000271. The molecule has 0 aromatic carbocycles. The summed E-state index contributed by atoms with van der Waals surface area (Å²) in [5.41, 5.74) is 0.661. The number of ether oxygens (including phenoxy) is 2. The number of hydrogen-bond donors (Lipinski definition) is 0. The molecule has 0 saturated heterocycles. The van der Waals surface area contributed by atoms with Gasteiger partial charge in [-0.1, -0.05) is 48.5 Å². The van der Waals surface area contributed by atoms with Crippen LogP contribution in [0.3, 0.4) is 0 Å². The summed E-state index contributed by atoms with van der Waals surface area (Å²) in [6, 6.07) is 0. The van der Waals surface area contributed by atoms with Gasteiger partial charge in [0.05, 0.1) is 0 Å². The van der Waals surface area contributed by atoms with Crippen LogP contribution >= 0.6 is 0 Å². The minimum Gasteiger partial charge on any atom is -0.463 e. The lowest BCUT2D eigenvalue weighted by Gasteiger charge is -2.38. The quantitative estimate of drug-likeness (QED) is 0.569. The minimum atomic E-state index is -0.144. The van der Waals surface area contributed by atoms with Gasteiger partial charge in [0.1, 0.15) is 12.2 Å². The van der Waals surface area contributed by atoms with Gasteiger partial charge in [-0.25, -0.2) is 0 Å². The van der Waals surface area contributed by atoms with Crippen LogP contribution in [0.15, 0.2) is 0 Å². The maximum absolute atomic E-state index is 11.2. The van der Waals surface area contributed by atoms with E-state index in [1.807, 2.05) is 6.92 Å². The van der Waals surface area contributed by atoms with Gasteiger partial charge >= 0.3 is 11.9 Å². The summed E-state index contributed by atoms with van der Waals surface area (Å²) in [5, 5.41) is 0. The van der Waals surface area contributed by atoms with Crippen LogP contribution < -0.4 is 0 Å². The molecule has 0 heterocycles. The van der Waals surface area contributed by atoms with Crippen LogP contribution in [0.5, 0.6) is 0 Å². The molecule has 0 amide bonds. The largest absolute Gasteiger partial charge is 0.463 e. The molecule has 2 aliphatic carbocycles. The first-order valence-corrected chi connectivity index (χ1v) is 10.7. The minimum absolute atomic E-state index is 0.0556. The molecule has 0 aromatic heterocycles.